The molecule has 2 N–H and O–H groups in total. The zero-order valence-electron chi connectivity index (χ0n) is 15.6. The van der Waals surface area contributed by atoms with Crippen LogP contribution in [0.3, 0.4) is 0 Å². The number of carbonyl (C=O) groups is 2. The van der Waals surface area contributed by atoms with Crippen molar-refractivity contribution >= 4 is 27.5 Å². The van der Waals surface area contributed by atoms with Crippen molar-refractivity contribution in [2.75, 3.05) is 31.5 Å². The minimum absolute atomic E-state index is 0.0499. The first-order chi connectivity index (χ1) is 13.3. The average Bonchev–Trinajstić information content (AvgIpc) is 3.24. The molecule has 0 radical (unpaired) electrons. The van der Waals surface area contributed by atoms with Crippen molar-refractivity contribution in [1.29, 1.82) is 0 Å². The van der Waals surface area contributed by atoms with Crippen molar-refractivity contribution in [3.8, 4) is 5.75 Å². The van der Waals surface area contributed by atoms with Crippen LogP contribution in [0.5, 0.6) is 5.75 Å². The lowest BCUT2D eigenvalue weighted by molar-refractivity contribution is -0.130. The molecular formula is C19H25N3O5S. The van der Waals surface area contributed by atoms with Crippen LogP contribution in [0.2, 0.25) is 0 Å². The van der Waals surface area contributed by atoms with E-state index < -0.39 is 10.0 Å². The first-order valence-electron chi connectivity index (χ1n) is 9.38. The van der Waals surface area contributed by atoms with Gasteiger partial charge in [-0.1, -0.05) is 6.58 Å². The number of hydrogen-bond donors (Lipinski definition) is 2. The molecule has 0 aromatic heterocycles. The predicted molar refractivity (Wildman–Crippen MR) is 104 cm³/mol. The quantitative estimate of drug-likeness (QED) is 0.569. The fourth-order valence-corrected chi connectivity index (χ4v) is 5.12. The lowest BCUT2D eigenvalue weighted by Crippen LogP contribution is -2.40. The minimum atomic E-state index is -3.64. The Morgan fingerprint density at radius 1 is 1.14 bits per heavy atom. The first kappa shape index (κ1) is 20.3. The highest BCUT2D eigenvalue weighted by Crippen LogP contribution is 2.30. The molecule has 0 unspecified atom stereocenters. The number of aromatic hydroxyl groups is 1. The van der Waals surface area contributed by atoms with Crippen molar-refractivity contribution in [2.24, 2.45) is 5.92 Å². The summed E-state index contributed by atoms with van der Waals surface area (Å²) in [5.74, 6) is -0.951. The van der Waals surface area contributed by atoms with E-state index in [-0.39, 0.29) is 34.1 Å². The van der Waals surface area contributed by atoms with E-state index in [2.05, 4.69) is 11.9 Å². The number of phenolic OH excluding ortho intramolecular Hbond substituents is 1. The van der Waals surface area contributed by atoms with Gasteiger partial charge in [0.1, 0.15) is 5.75 Å². The molecule has 1 aromatic carbocycles. The van der Waals surface area contributed by atoms with E-state index in [1.807, 2.05) is 0 Å². The Morgan fingerprint density at radius 3 is 2.39 bits per heavy atom. The number of rotatable bonds is 5. The highest BCUT2D eigenvalue weighted by molar-refractivity contribution is 7.89. The fourth-order valence-electron chi connectivity index (χ4n) is 3.58. The predicted octanol–water partition coefficient (Wildman–Crippen LogP) is 1.54. The standard InChI is InChI=1S/C19H25N3O5S/c1-2-18(24)21-11-7-14(8-12-21)19(25)20-16-13-15(5-6-17(16)23)28(26,27)22-9-3-4-10-22/h2,5-6,13-14,23H,1,3-4,7-12H2,(H,20,25). The van der Waals surface area contributed by atoms with Gasteiger partial charge in [-0.25, -0.2) is 8.42 Å². The number of phenols is 1. The van der Waals surface area contributed by atoms with Crippen LogP contribution in [-0.2, 0) is 19.6 Å². The van der Waals surface area contributed by atoms with Gasteiger partial charge in [0, 0.05) is 32.1 Å². The van der Waals surface area contributed by atoms with E-state index in [4.69, 9.17) is 0 Å². The summed E-state index contributed by atoms with van der Waals surface area (Å²) >= 11 is 0. The summed E-state index contributed by atoms with van der Waals surface area (Å²) in [6.07, 6.45) is 3.91. The molecule has 0 spiro atoms. The molecule has 152 valence electrons. The third kappa shape index (κ3) is 4.20. The summed E-state index contributed by atoms with van der Waals surface area (Å²) in [7, 11) is -3.64. The topological polar surface area (TPSA) is 107 Å². The van der Waals surface area contributed by atoms with E-state index in [0.29, 0.717) is 39.0 Å². The number of benzene rings is 1. The van der Waals surface area contributed by atoms with Gasteiger partial charge in [-0.2, -0.15) is 4.31 Å². The first-order valence-corrected chi connectivity index (χ1v) is 10.8. The number of hydrogen-bond acceptors (Lipinski definition) is 5. The van der Waals surface area contributed by atoms with Crippen molar-refractivity contribution in [3.63, 3.8) is 0 Å². The second-order valence-corrected chi connectivity index (χ2v) is 9.02. The van der Waals surface area contributed by atoms with Crippen molar-refractivity contribution in [2.45, 2.75) is 30.6 Å². The molecule has 2 saturated heterocycles. The molecule has 0 aliphatic carbocycles. The summed E-state index contributed by atoms with van der Waals surface area (Å²) in [4.78, 5) is 25.9. The highest BCUT2D eigenvalue weighted by Gasteiger charge is 2.29. The number of sulfonamides is 1. The molecule has 2 aliphatic heterocycles. The van der Waals surface area contributed by atoms with Crippen LogP contribution in [-0.4, -0.2) is 60.7 Å². The van der Waals surface area contributed by atoms with Crippen LogP contribution in [0.25, 0.3) is 0 Å². The van der Waals surface area contributed by atoms with E-state index in [0.717, 1.165) is 12.8 Å². The van der Waals surface area contributed by atoms with E-state index in [1.54, 1.807) is 4.90 Å². The molecule has 0 bridgehead atoms. The summed E-state index contributed by atoms with van der Waals surface area (Å²) in [6.45, 7) is 5.33. The molecule has 8 nitrogen and oxygen atoms in total. The molecule has 2 fully saturated rings. The van der Waals surface area contributed by atoms with Crippen molar-refractivity contribution < 1.29 is 23.1 Å². The summed E-state index contributed by atoms with van der Waals surface area (Å²) < 4.78 is 26.8. The molecule has 3 rings (SSSR count). The fraction of sp³-hybridized carbons (Fsp3) is 0.474. The largest absolute Gasteiger partial charge is 0.506 e. The summed E-state index contributed by atoms with van der Waals surface area (Å²) in [5.41, 5.74) is 0.0786. The molecule has 2 heterocycles. The van der Waals surface area contributed by atoms with Gasteiger partial charge in [0.25, 0.3) is 0 Å². The van der Waals surface area contributed by atoms with E-state index in [9.17, 15) is 23.1 Å². The third-order valence-electron chi connectivity index (χ3n) is 5.28. The Kier molecular flexibility index (Phi) is 6.04. The number of piperidine rings is 1. The van der Waals surface area contributed by atoms with Crippen LogP contribution < -0.4 is 5.32 Å². The van der Waals surface area contributed by atoms with E-state index in [1.165, 1.54) is 28.6 Å². The van der Waals surface area contributed by atoms with Crippen LogP contribution in [0.4, 0.5) is 5.69 Å². The lowest BCUT2D eigenvalue weighted by Gasteiger charge is -2.30. The molecular weight excluding hydrogens is 382 g/mol. The zero-order valence-corrected chi connectivity index (χ0v) is 16.5. The van der Waals surface area contributed by atoms with Crippen molar-refractivity contribution in [1.82, 2.24) is 9.21 Å². The monoisotopic (exact) mass is 407 g/mol. The number of carbonyl (C=O) groups excluding carboxylic acids is 2. The van der Waals surface area contributed by atoms with Crippen LogP contribution in [0.1, 0.15) is 25.7 Å². The van der Waals surface area contributed by atoms with Gasteiger partial charge in [-0.3, -0.25) is 9.59 Å². The second-order valence-electron chi connectivity index (χ2n) is 7.08. The van der Waals surface area contributed by atoms with Gasteiger partial charge in [0.15, 0.2) is 0 Å². The molecule has 0 atom stereocenters. The van der Waals surface area contributed by atoms with Crippen molar-refractivity contribution in [3.05, 3.63) is 30.9 Å². The van der Waals surface area contributed by atoms with Gasteiger partial charge in [0.2, 0.25) is 21.8 Å². The Hall–Kier alpha value is -2.39. The van der Waals surface area contributed by atoms with E-state index >= 15 is 0 Å². The van der Waals surface area contributed by atoms with Gasteiger partial charge >= 0.3 is 0 Å². The van der Waals surface area contributed by atoms with Gasteiger partial charge < -0.3 is 15.3 Å². The maximum absolute atomic E-state index is 12.7. The average molecular weight is 407 g/mol. The molecule has 0 saturated carbocycles. The normalized spacial score (nSPS) is 18.8. The summed E-state index contributed by atoms with van der Waals surface area (Å²) in [5, 5.41) is 12.7. The van der Waals surface area contributed by atoms with Crippen LogP contribution in [0, 0.1) is 5.92 Å². The Bertz CT molecular complexity index is 870. The van der Waals surface area contributed by atoms with Crippen LogP contribution >= 0.6 is 0 Å². The van der Waals surface area contributed by atoms with Gasteiger partial charge in [-0.05, 0) is 50.0 Å². The molecule has 2 aliphatic rings. The number of nitrogens with zero attached hydrogens (tertiary/aromatic N) is 2. The third-order valence-corrected chi connectivity index (χ3v) is 7.18. The molecule has 1 aromatic rings. The summed E-state index contributed by atoms with van der Waals surface area (Å²) in [6, 6.07) is 3.93. The van der Waals surface area contributed by atoms with Crippen LogP contribution in [0.15, 0.2) is 35.7 Å². The molecule has 9 heteroatoms. The lowest BCUT2D eigenvalue weighted by atomic mass is 9.95. The Morgan fingerprint density at radius 2 is 1.79 bits per heavy atom. The number of amides is 2. The highest BCUT2D eigenvalue weighted by atomic mass is 32.2. The van der Waals surface area contributed by atoms with Gasteiger partial charge in [0.05, 0.1) is 10.6 Å². The number of likely N-dealkylation sites (tertiary alicyclic amines) is 1. The molecule has 28 heavy (non-hydrogen) atoms. The maximum Gasteiger partial charge on any atom is 0.245 e. The number of nitrogens with one attached hydrogen (secondary N) is 1. The van der Waals surface area contributed by atoms with Gasteiger partial charge in [-0.15, -0.1) is 0 Å². The SMILES string of the molecule is C=CC(=O)N1CCC(C(=O)Nc2cc(S(=O)(=O)N3CCCC3)ccc2O)CC1. The number of anilines is 1. The Labute approximate surface area is 164 Å². The zero-order chi connectivity index (χ0) is 20.3. The Balaban J connectivity index is 1.69. The smallest absolute Gasteiger partial charge is 0.245 e. The second kappa shape index (κ2) is 8.32. The maximum atomic E-state index is 12.7. The minimum Gasteiger partial charge on any atom is -0.506 e. The molecule has 2 amide bonds.